The second kappa shape index (κ2) is 9.46. The van der Waals surface area contributed by atoms with Gasteiger partial charge >= 0.3 is 0 Å². The minimum atomic E-state index is -3.98. The summed E-state index contributed by atoms with van der Waals surface area (Å²) in [6.07, 6.45) is 2.09. The van der Waals surface area contributed by atoms with Gasteiger partial charge in [0.2, 0.25) is 5.89 Å². The molecule has 10 heteroatoms. The number of hydrogen-bond donors (Lipinski definition) is 2. The summed E-state index contributed by atoms with van der Waals surface area (Å²) in [5.74, 6) is 1.30. The van der Waals surface area contributed by atoms with E-state index in [-0.39, 0.29) is 16.4 Å². The van der Waals surface area contributed by atoms with E-state index in [9.17, 15) is 13.2 Å². The molecule has 1 aromatic heterocycles. The Hall–Kier alpha value is -3.40. The highest BCUT2D eigenvalue weighted by atomic mass is 32.2. The number of ether oxygens (including phenoxy) is 1. The van der Waals surface area contributed by atoms with Crippen molar-refractivity contribution in [3.63, 3.8) is 0 Å². The minimum absolute atomic E-state index is 0.000892. The zero-order valence-corrected chi connectivity index (χ0v) is 20.3. The van der Waals surface area contributed by atoms with Crippen molar-refractivity contribution in [2.24, 2.45) is 5.92 Å². The van der Waals surface area contributed by atoms with Crippen molar-refractivity contribution in [3.05, 3.63) is 65.3 Å². The van der Waals surface area contributed by atoms with Gasteiger partial charge in [0.15, 0.2) is 5.82 Å². The molecule has 1 atom stereocenters. The molecule has 2 N–H and O–H groups in total. The van der Waals surface area contributed by atoms with E-state index < -0.39 is 22.0 Å². The average Bonchev–Trinajstić information content (AvgIpc) is 3.54. The summed E-state index contributed by atoms with van der Waals surface area (Å²) >= 11 is 0. The van der Waals surface area contributed by atoms with E-state index in [0.29, 0.717) is 34.6 Å². The van der Waals surface area contributed by atoms with Gasteiger partial charge < -0.3 is 14.6 Å². The molecule has 1 unspecified atom stereocenters. The van der Waals surface area contributed by atoms with Crippen LogP contribution in [0.15, 0.2) is 51.9 Å². The molecule has 34 heavy (non-hydrogen) atoms. The van der Waals surface area contributed by atoms with Gasteiger partial charge in [-0.05, 0) is 55.5 Å². The second-order valence-corrected chi connectivity index (χ2v) is 10.4. The molecule has 0 radical (unpaired) electrons. The maximum absolute atomic E-state index is 13.2. The lowest BCUT2D eigenvalue weighted by atomic mass is 10.0. The highest BCUT2D eigenvalue weighted by Crippen LogP contribution is 2.38. The molecule has 3 aromatic rings. The van der Waals surface area contributed by atoms with Crippen molar-refractivity contribution in [1.82, 2.24) is 15.5 Å². The number of para-hydroxylation sites is 2. The fourth-order valence-corrected chi connectivity index (χ4v) is 4.92. The number of nitrogens with zero attached hydrogens (tertiary/aromatic N) is 2. The number of rotatable bonds is 9. The summed E-state index contributed by atoms with van der Waals surface area (Å²) in [5.41, 5.74) is 1.02. The normalized spacial score (nSPS) is 14.6. The van der Waals surface area contributed by atoms with Gasteiger partial charge in [0.05, 0.1) is 17.7 Å². The fraction of sp³-hybridized carbons (Fsp3) is 0.375. The first-order chi connectivity index (χ1) is 16.2. The molecule has 0 bridgehead atoms. The van der Waals surface area contributed by atoms with Crippen LogP contribution in [0.1, 0.15) is 66.3 Å². The van der Waals surface area contributed by atoms with Crippen molar-refractivity contribution in [3.8, 4) is 5.75 Å². The molecule has 9 nitrogen and oxygen atoms in total. The van der Waals surface area contributed by atoms with Gasteiger partial charge in [0.25, 0.3) is 15.9 Å². The molecule has 0 saturated heterocycles. The van der Waals surface area contributed by atoms with Crippen molar-refractivity contribution < 1.29 is 22.5 Å². The number of methoxy groups -OCH3 is 1. The first kappa shape index (κ1) is 23.7. The molecule has 1 aliphatic rings. The molecule has 1 heterocycles. The Kier molecular flexibility index (Phi) is 6.60. The van der Waals surface area contributed by atoms with Gasteiger partial charge in [-0.2, -0.15) is 4.98 Å². The predicted octanol–water partition coefficient (Wildman–Crippen LogP) is 4.19. The van der Waals surface area contributed by atoms with Crippen LogP contribution in [0.3, 0.4) is 0 Å². The van der Waals surface area contributed by atoms with Gasteiger partial charge in [-0.3, -0.25) is 9.52 Å². The molecular weight excluding hydrogens is 456 g/mol. The first-order valence-electron chi connectivity index (χ1n) is 11.1. The maximum atomic E-state index is 13.2. The first-order valence-corrected chi connectivity index (χ1v) is 12.6. The molecule has 180 valence electrons. The number of hydrogen-bond acceptors (Lipinski definition) is 7. The molecule has 0 spiro atoms. The number of aryl methyl sites for hydroxylation is 1. The molecule has 1 amide bonds. The smallest absolute Gasteiger partial charge is 0.262 e. The van der Waals surface area contributed by atoms with Gasteiger partial charge in [0.1, 0.15) is 11.8 Å². The average molecular weight is 485 g/mol. The monoisotopic (exact) mass is 484 g/mol. The van der Waals surface area contributed by atoms with Crippen LogP contribution in [-0.2, 0) is 10.0 Å². The molecule has 1 saturated carbocycles. The van der Waals surface area contributed by atoms with Gasteiger partial charge in [0, 0.05) is 11.5 Å². The molecular formula is C24H28N4O5S. The topological polar surface area (TPSA) is 123 Å². The number of nitrogens with one attached hydrogen (secondary N) is 2. The summed E-state index contributed by atoms with van der Waals surface area (Å²) in [4.78, 5) is 17.6. The number of carbonyl (C=O) groups excluding carboxylic acids is 1. The van der Waals surface area contributed by atoms with Crippen LogP contribution in [0.4, 0.5) is 5.69 Å². The van der Waals surface area contributed by atoms with Crippen molar-refractivity contribution >= 4 is 21.6 Å². The fourth-order valence-electron chi connectivity index (χ4n) is 3.58. The van der Waals surface area contributed by atoms with Gasteiger partial charge in [-0.15, -0.1) is 0 Å². The lowest BCUT2D eigenvalue weighted by Crippen LogP contribution is -2.32. The summed E-state index contributed by atoms with van der Waals surface area (Å²) in [6.45, 7) is 5.55. The number of benzene rings is 2. The van der Waals surface area contributed by atoms with E-state index in [1.165, 1.54) is 13.2 Å². The highest BCUT2D eigenvalue weighted by molar-refractivity contribution is 7.92. The van der Waals surface area contributed by atoms with Crippen LogP contribution < -0.4 is 14.8 Å². The van der Waals surface area contributed by atoms with E-state index in [4.69, 9.17) is 9.26 Å². The summed E-state index contributed by atoms with van der Waals surface area (Å²) in [6, 6.07) is 10.8. The van der Waals surface area contributed by atoms with E-state index in [1.807, 2.05) is 13.8 Å². The molecule has 1 aliphatic carbocycles. The number of carbonyl (C=O) groups is 1. The summed E-state index contributed by atoms with van der Waals surface area (Å²) in [7, 11) is -2.52. The lowest BCUT2D eigenvalue weighted by molar-refractivity contribution is 0.0913. The highest BCUT2D eigenvalue weighted by Gasteiger charge is 2.32. The van der Waals surface area contributed by atoms with Crippen LogP contribution in [0.2, 0.25) is 0 Å². The van der Waals surface area contributed by atoms with Gasteiger partial charge in [-0.1, -0.05) is 37.2 Å². The lowest BCUT2D eigenvalue weighted by Gasteiger charge is -2.19. The zero-order chi connectivity index (χ0) is 24.5. The van der Waals surface area contributed by atoms with E-state index in [2.05, 4.69) is 20.2 Å². The Labute approximate surface area is 199 Å². The number of sulfonamides is 1. The van der Waals surface area contributed by atoms with E-state index in [1.54, 1.807) is 43.3 Å². The molecule has 1 fully saturated rings. The van der Waals surface area contributed by atoms with Crippen molar-refractivity contribution in [2.45, 2.75) is 50.5 Å². The Morgan fingerprint density at radius 1 is 1.18 bits per heavy atom. The molecule has 2 aromatic carbocycles. The Morgan fingerprint density at radius 3 is 2.59 bits per heavy atom. The quantitative estimate of drug-likeness (QED) is 0.467. The van der Waals surface area contributed by atoms with Crippen molar-refractivity contribution in [2.75, 3.05) is 11.8 Å². The van der Waals surface area contributed by atoms with E-state index in [0.717, 1.165) is 12.8 Å². The molecule has 4 rings (SSSR count). The largest absolute Gasteiger partial charge is 0.495 e. The Balaban J connectivity index is 1.58. The predicted molar refractivity (Wildman–Crippen MR) is 126 cm³/mol. The Morgan fingerprint density at radius 2 is 1.91 bits per heavy atom. The zero-order valence-electron chi connectivity index (χ0n) is 19.5. The number of amides is 1. The SMILES string of the molecule is COc1ccccc1NS(=O)(=O)c1cc(C(=O)NC(c2nc(C3CC3)no2)C(C)C)ccc1C. The third kappa shape index (κ3) is 5.06. The Bertz CT molecular complexity index is 1300. The molecule has 0 aliphatic heterocycles. The number of anilines is 1. The minimum Gasteiger partial charge on any atom is -0.495 e. The van der Waals surface area contributed by atoms with Crippen LogP contribution in [0.5, 0.6) is 5.75 Å². The third-order valence-electron chi connectivity index (χ3n) is 5.71. The van der Waals surface area contributed by atoms with Crippen LogP contribution >= 0.6 is 0 Å². The standard InChI is InChI=1S/C24H28N4O5S/c1-14(2)21(24-26-22(27-33-24)16-11-12-16)25-23(29)17-10-9-15(3)20(13-17)34(30,31)28-18-7-5-6-8-19(18)32-4/h5-10,13-14,16,21,28H,11-12H2,1-4H3,(H,25,29). The van der Waals surface area contributed by atoms with Gasteiger partial charge in [-0.25, -0.2) is 8.42 Å². The number of aromatic nitrogens is 2. The summed E-state index contributed by atoms with van der Waals surface area (Å²) < 4.78 is 39.5. The summed E-state index contributed by atoms with van der Waals surface area (Å²) in [5, 5.41) is 6.96. The van der Waals surface area contributed by atoms with Crippen LogP contribution in [0, 0.1) is 12.8 Å². The van der Waals surface area contributed by atoms with Crippen LogP contribution in [-0.4, -0.2) is 31.6 Å². The second-order valence-electron chi connectivity index (χ2n) is 8.75. The van der Waals surface area contributed by atoms with Crippen LogP contribution in [0.25, 0.3) is 0 Å². The third-order valence-corrected chi connectivity index (χ3v) is 7.22. The van der Waals surface area contributed by atoms with Crippen molar-refractivity contribution in [1.29, 1.82) is 0 Å². The van der Waals surface area contributed by atoms with E-state index >= 15 is 0 Å². The maximum Gasteiger partial charge on any atom is 0.262 e.